The number of nitrogens with one attached hydrogen (secondary N) is 2. The van der Waals surface area contributed by atoms with E-state index in [0.29, 0.717) is 12.8 Å². The van der Waals surface area contributed by atoms with Gasteiger partial charge in [-0.3, -0.25) is 4.79 Å². The van der Waals surface area contributed by atoms with E-state index >= 15 is 0 Å². The minimum Gasteiger partial charge on any atom is -0.388 e. The smallest absolute Gasteiger partial charge is 0.388 e. The summed E-state index contributed by atoms with van der Waals surface area (Å²) in [5, 5.41) is 14.8. The first kappa shape index (κ1) is 16.2. The molecule has 3 N–H and O–H groups in total. The molecule has 1 aliphatic rings. The van der Waals surface area contributed by atoms with Gasteiger partial charge in [-0.25, -0.2) is 0 Å². The summed E-state index contributed by atoms with van der Waals surface area (Å²) < 4.78 is 39.3. The van der Waals surface area contributed by atoms with Crippen LogP contribution in [0, 0.1) is 5.41 Å². The number of alkyl halides is 3. The van der Waals surface area contributed by atoms with Crippen LogP contribution >= 0.6 is 0 Å². The topological polar surface area (TPSA) is 61.4 Å². The highest BCUT2D eigenvalue weighted by Crippen LogP contribution is 2.43. The van der Waals surface area contributed by atoms with Crippen LogP contribution in [0.25, 0.3) is 0 Å². The van der Waals surface area contributed by atoms with Crippen molar-refractivity contribution in [2.75, 3.05) is 19.6 Å². The molecule has 0 bridgehead atoms. The van der Waals surface area contributed by atoms with E-state index in [1.165, 1.54) is 0 Å². The molecule has 19 heavy (non-hydrogen) atoms. The second-order valence-electron chi connectivity index (χ2n) is 5.12. The zero-order valence-electron chi connectivity index (χ0n) is 11.2. The van der Waals surface area contributed by atoms with Gasteiger partial charge in [0.25, 0.3) is 0 Å². The first-order valence-electron chi connectivity index (χ1n) is 6.49. The van der Waals surface area contributed by atoms with Crippen molar-refractivity contribution in [2.24, 2.45) is 5.41 Å². The molecule has 0 aliphatic carbocycles. The molecule has 1 amide bonds. The SMILES string of the molecule is CCC(O)(CC)CNC(=O)C1(C(F)(F)F)CCNC1. The van der Waals surface area contributed by atoms with Gasteiger partial charge in [-0.05, 0) is 25.8 Å². The maximum absolute atomic E-state index is 13.1. The van der Waals surface area contributed by atoms with Gasteiger partial charge in [-0.1, -0.05) is 13.8 Å². The molecule has 1 rings (SSSR count). The average molecular weight is 282 g/mol. The van der Waals surface area contributed by atoms with E-state index in [1.807, 2.05) is 0 Å². The van der Waals surface area contributed by atoms with Gasteiger partial charge in [0, 0.05) is 13.1 Å². The van der Waals surface area contributed by atoms with Gasteiger partial charge in [0.1, 0.15) is 0 Å². The van der Waals surface area contributed by atoms with Gasteiger partial charge in [0.15, 0.2) is 5.41 Å². The number of aliphatic hydroxyl groups is 1. The molecule has 1 saturated heterocycles. The molecule has 7 heteroatoms. The summed E-state index contributed by atoms with van der Waals surface area (Å²) in [6.07, 6.45) is -4.10. The van der Waals surface area contributed by atoms with Gasteiger partial charge in [0.2, 0.25) is 5.91 Å². The molecule has 0 spiro atoms. The molecule has 0 aromatic heterocycles. The molecule has 0 aromatic carbocycles. The number of amides is 1. The van der Waals surface area contributed by atoms with E-state index in [4.69, 9.17) is 0 Å². The lowest BCUT2D eigenvalue weighted by Gasteiger charge is -2.32. The molecule has 0 aromatic rings. The van der Waals surface area contributed by atoms with Crippen LogP contribution in [-0.2, 0) is 4.79 Å². The van der Waals surface area contributed by atoms with Crippen molar-refractivity contribution >= 4 is 5.91 Å². The van der Waals surface area contributed by atoms with Crippen molar-refractivity contribution < 1.29 is 23.1 Å². The Morgan fingerprint density at radius 1 is 1.37 bits per heavy atom. The zero-order valence-corrected chi connectivity index (χ0v) is 11.2. The van der Waals surface area contributed by atoms with Gasteiger partial charge in [-0.15, -0.1) is 0 Å². The molecule has 4 nitrogen and oxygen atoms in total. The highest BCUT2D eigenvalue weighted by molar-refractivity contribution is 5.84. The Morgan fingerprint density at radius 2 is 1.95 bits per heavy atom. The van der Waals surface area contributed by atoms with E-state index in [0.717, 1.165) is 0 Å². The predicted octanol–water partition coefficient (Wildman–Crippen LogP) is 1.20. The predicted molar refractivity (Wildman–Crippen MR) is 64.5 cm³/mol. The quantitative estimate of drug-likeness (QED) is 0.710. The maximum atomic E-state index is 13.1. The Morgan fingerprint density at radius 3 is 2.32 bits per heavy atom. The number of carbonyl (C=O) groups excluding carboxylic acids is 1. The minimum absolute atomic E-state index is 0.156. The Hall–Kier alpha value is -0.820. The minimum atomic E-state index is -4.59. The number of hydrogen-bond donors (Lipinski definition) is 3. The van der Waals surface area contributed by atoms with Gasteiger partial charge >= 0.3 is 6.18 Å². The Balaban J connectivity index is 2.75. The summed E-state index contributed by atoms with van der Waals surface area (Å²) in [4.78, 5) is 11.9. The van der Waals surface area contributed by atoms with Crippen LogP contribution in [0.3, 0.4) is 0 Å². The lowest BCUT2D eigenvalue weighted by molar-refractivity contribution is -0.216. The van der Waals surface area contributed by atoms with E-state index in [-0.39, 0.29) is 19.5 Å². The lowest BCUT2D eigenvalue weighted by Crippen LogP contribution is -2.54. The standard InChI is InChI=1S/C12H21F3N2O2/c1-3-10(19,4-2)7-17-9(18)11(12(13,14)15)5-6-16-8-11/h16,19H,3-8H2,1-2H3,(H,17,18). The van der Waals surface area contributed by atoms with Crippen LogP contribution in [0.5, 0.6) is 0 Å². The van der Waals surface area contributed by atoms with Crippen molar-refractivity contribution in [1.29, 1.82) is 0 Å². The summed E-state index contributed by atoms with van der Waals surface area (Å²) in [6, 6.07) is 0. The third kappa shape index (κ3) is 3.20. The monoisotopic (exact) mass is 282 g/mol. The highest BCUT2D eigenvalue weighted by atomic mass is 19.4. The fourth-order valence-corrected chi connectivity index (χ4v) is 2.17. The Bertz CT molecular complexity index is 321. The van der Waals surface area contributed by atoms with Gasteiger partial charge in [0.05, 0.1) is 5.60 Å². The number of carbonyl (C=O) groups is 1. The summed E-state index contributed by atoms with van der Waals surface area (Å²) in [5.74, 6) is -1.05. The molecule has 0 radical (unpaired) electrons. The largest absolute Gasteiger partial charge is 0.404 e. The van der Waals surface area contributed by atoms with Crippen LogP contribution < -0.4 is 10.6 Å². The summed E-state index contributed by atoms with van der Waals surface area (Å²) in [6.45, 7) is 3.06. The molecule has 1 atom stereocenters. The first-order valence-corrected chi connectivity index (χ1v) is 6.49. The normalized spacial score (nSPS) is 24.5. The van der Waals surface area contributed by atoms with Crippen molar-refractivity contribution in [3.05, 3.63) is 0 Å². The average Bonchev–Trinajstić information content (AvgIpc) is 2.85. The summed E-state index contributed by atoms with van der Waals surface area (Å²) in [7, 11) is 0. The third-order valence-electron chi connectivity index (χ3n) is 4.03. The fraction of sp³-hybridized carbons (Fsp3) is 0.917. The summed E-state index contributed by atoms with van der Waals surface area (Å²) >= 11 is 0. The third-order valence-corrected chi connectivity index (χ3v) is 4.03. The van der Waals surface area contributed by atoms with E-state index in [2.05, 4.69) is 10.6 Å². The van der Waals surface area contributed by atoms with E-state index in [9.17, 15) is 23.1 Å². The highest BCUT2D eigenvalue weighted by Gasteiger charge is 2.61. The van der Waals surface area contributed by atoms with Crippen molar-refractivity contribution in [2.45, 2.75) is 44.9 Å². The van der Waals surface area contributed by atoms with Gasteiger partial charge in [-0.2, -0.15) is 13.2 Å². The van der Waals surface area contributed by atoms with Crippen LogP contribution in [0.15, 0.2) is 0 Å². The van der Waals surface area contributed by atoms with Gasteiger partial charge < -0.3 is 15.7 Å². The second kappa shape index (κ2) is 5.66. The second-order valence-corrected chi connectivity index (χ2v) is 5.12. The Kier molecular flexibility index (Phi) is 4.84. The Labute approximate surface area is 110 Å². The van der Waals surface area contributed by atoms with E-state index in [1.54, 1.807) is 13.8 Å². The van der Waals surface area contributed by atoms with Crippen molar-refractivity contribution in [3.8, 4) is 0 Å². The summed E-state index contributed by atoms with van der Waals surface area (Å²) in [5.41, 5.74) is -3.51. The molecule has 0 saturated carbocycles. The van der Waals surface area contributed by atoms with Crippen LogP contribution in [0.2, 0.25) is 0 Å². The van der Waals surface area contributed by atoms with Crippen LogP contribution in [-0.4, -0.2) is 42.4 Å². The fourth-order valence-electron chi connectivity index (χ4n) is 2.17. The van der Waals surface area contributed by atoms with Crippen LogP contribution in [0.4, 0.5) is 13.2 Å². The first-order chi connectivity index (χ1) is 8.71. The van der Waals surface area contributed by atoms with Crippen molar-refractivity contribution in [1.82, 2.24) is 10.6 Å². The van der Waals surface area contributed by atoms with E-state index < -0.39 is 29.6 Å². The molecule has 1 aliphatic heterocycles. The molecular formula is C12H21F3N2O2. The molecular weight excluding hydrogens is 261 g/mol. The zero-order chi connectivity index (χ0) is 14.7. The molecule has 112 valence electrons. The molecule has 1 unspecified atom stereocenters. The van der Waals surface area contributed by atoms with Crippen LogP contribution in [0.1, 0.15) is 33.1 Å². The molecule has 1 fully saturated rings. The number of rotatable bonds is 5. The van der Waals surface area contributed by atoms with Crippen molar-refractivity contribution in [3.63, 3.8) is 0 Å². The number of hydrogen-bond acceptors (Lipinski definition) is 3. The number of halogens is 3. The molecule has 1 heterocycles. The lowest BCUT2D eigenvalue weighted by atomic mass is 9.84. The maximum Gasteiger partial charge on any atom is 0.404 e.